The van der Waals surface area contributed by atoms with Crippen LogP contribution in [-0.4, -0.2) is 42.1 Å². The van der Waals surface area contributed by atoms with Gasteiger partial charge in [-0.05, 0) is 24.6 Å². The first-order valence-corrected chi connectivity index (χ1v) is 7.15. The van der Waals surface area contributed by atoms with E-state index in [0.29, 0.717) is 18.1 Å². The molecule has 5 nitrogen and oxygen atoms in total. The summed E-state index contributed by atoms with van der Waals surface area (Å²) < 4.78 is 6.33. The van der Waals surface area contributed by atoms with Crippen LogP contribution in [0.15, 0.2) is 6.07 Å². The maximum atomic E-state index is 10.9. The third-order valence-electron chi connectivity index (χ3n) is 3.10. The van der Waals surface area contributed by atoms with Gasteiger partial charge in [-0.25, -0.2) is 4.98 Å². The minimum Gasteiger partial charge on any atom is -0.377 e. The van der Waals surface area contributed by atoms with Crippen LogP contribution in [0.1, 0.15) is 16.6 Å². The predicted octanol–water partition coefficient (Wildman–Crippen LogP) is 2.38. The first-order chi connectivity index (χ1) is 9.19. The minimum atomic E-state index is 0.205. The Labute approximate surface area is 119 Å². The zero-order valence-electron chi connectivity index (χ0n) is 10.3. The fourth-order valence-corrected chi connectivity index (χ4v) is 3.29. The van der Waals surface area contributed by atoms with Crippen molar-refractivity contribution in [1.82, 2.24) is 9.97 Å². The maximum Gasteiger partial charge on any atom is 0.224 e. The number of carbonyl (C=O) groups excluding carboxylic acids is 1. The van der Waals surface area contributed by atoms with Crippen LogP contribution in [0.25, 0.3) is 10.2 Å². The second kappa shape index (κ2) is 5.03. The van der Waals surface area contributed by atoms with E-state index in [1.165, 1.54) is 11.3 Å². The number of nitrogens with zero attached hydrogens (tertiary/aromatic N) is 3. The summed E-state index contributed by atoms with van der Waals surface area (Å²) in [5, 5.41) is 0.205. The maximum absolute atomic E-state index is 10.9. The molecule has 3 rings (SSSR count). The lowest BCUT2D eigenvalue weighted by atomic mass is 10.2. The second-order valence-corrected chi connectivity index (χ2v) is 5.84. The van der Waals surface area contributed by atoms with Gasteiger partial charge in [0.25, 0.3) is 0 Å². The summed E-state index contributed by atoms with van der Waals surface area (Å²) in [5.74, 6) is 0.795. The lowest BCUT2D eigenvalue weighted by Crippen LogP contribution is -2.44. The molecule has 0 radical (unpaired) electrons. The number of hydrogen-bond acceptors (Lipinski definition) is 6. The predicted molar refractivity (Wildman–Crippen MR) is 75.4 cm³/mol. The molecular weight excluding hydrogens is 286 g/mol. The highest BCUT2D eigenvalue weighted by Gasteiger charge is 2.24. The molecule has 2 aromatic heterocycles. The summed E-state index contributed by atoms with van der Waals surface area (Å²) >= 11 is 7.37. The topological polar surface area (TPSA) is 55.3 Å². The van der Waals surface area contributed by atoms with Crippen LogP contribution in [0, 0.1) is 0 Å². The van der Waals surface area contributed by atoms with E-state index in [-0.39, 0.29) is 11.3 Å². The molecule has 1 saturated heterocycles. The highest BCUT2D eigenvalue weighted by Crippen LogP contribution is 2.33. The largest absolute Gasteiger partial charge is 0.377 e. The van der Waals surface area contributed by atoms with Gasteiger partial charge in [-0.3, -0.25) is 4.79 Å². The zero-order valence-corrected chi connectivity index (χ0v) is 11.9. The molecule has 1 fully saturated rings. The van der Waals surface area contributed by atoms with Crippen LogP contribution in [0.2, 0.25) is 5.28 Å². The van der Waals surface area contributed by atoms with E-state index in [2.05, 4.69) is 21.8 Å². The lowest BCUT2D eigenvalue weighted by molar-refractivity contribution is 0.0987. The second-order valence-electron chi connectivity index (χ2n) is 4.41. The molecule has 0 bridgehead atoms. The molecular formula is C12H12ClN3O2S. The van der Waals surface area contributed by atoms with Gasteiger partial charge in [0.05, 0.1) is 34.3 Å². The van der Waals surface area contributed by atoms with E-state index in [9.17, 15) is 4.79 Å². The fraction of sp³-hybridized carbons (Fsp3) is 0.417. The summed E-state index contributed by atoms with van der Waals surface area (Å²) in [6, 6.07) is 1.97. The van der Waals surface area contributed by atoms with Gasteiger partial charge in [0.15, 0.2) is 12.1 Å². The minimum absolute atomic E-state index is 0.205. The smallest absolute Gasteiger partial charge is 0.224 e. The van der Waals surface area contributed by atoms with Gasteiger partial charge in [0, 0.05) is 6.54 Å². The summed E-state index contributed by atoms with van der Waals surface area (Å²) in [5.41, 5.74) is 0.723. The number of carbonyl (C=O) groups is 1. The number of anilines is 1. The SMILES string of the molecule is C[C@@H]1COCCN1c1nc(Cl)nc2cc(C=O)sc12. The quantitative estimate of drug-likeness (QED) is 0.629. The van der Waals surface area contributed by atoms with E-state index in [1.54, 1.807) is 6.07 Å². The van der Waals surface area contributed by atoms with Crippen molar-refractivity contribution in [3.05, 3.63) is 16.2 Å². The van der Waals surface area contributed by atoms with E-state index in [0.717, 1.165) is 28.9 Å². The summed E-state index contributed by atoms with van der Waals surface area (Å²) in [6.07, 6.45) is 0.826. The molecule has 1 aliphatic heterocycles. The molecule has 100 valence electrons. The monoisotopic (exact) mass is 297 g/mol. The molecule has 1 aliphatic rings. The average molecular weight is 298 g/mol. The number of thiophene rings is 1. The van der Waals surface area contributed by atoms with Crippen molar-refractivity contribution >= 4 is 45.3 Å². The van der Waals surface area contributed by atoms with Gasteiger partial charge in [-0.1, -0.05) is 0 Å². The van der Waals surface area contributed by atoms with Crippen LogP contribution < -0.4 is 4.90 Å². The van der Waals surface area contributed by atoms with Crippen LogP contribution in [-0.2, 0) is 4.74 Å². The highest BCUT2D eigenvalue weighted by atomic mass is 35.5. The Bertz CT molecular complexity index is 631. The normalized spacial score (nSPS) is 19.9. The molecule has 0 unspecified atom stereocenters. The van der Waals surface area contributed by atoms with E-state index < -0.39 is 0 Å². The molecule has 3 heterocycles. The Balaban J connectivity index is 2.15. The van der Waals surface area contributed by atoms with Gasteiger partial charge in [0.2, 0.25) is 5.28 Å². The highest BCUT2D eigenvalue weighted by molar-refractivity contribution is 7.21. The number of morpholine rings is 1. The van der Waals surface area contributed by atoms with Crippen LogP contribution in [0.4, 0.5) is 5.82 Å². The van der Waals surface area contributed by atoms with Crippen molar-refractivity contribution in [2.45, 2.75) is 13.0 Å². The van der Waals surface area contributed by atoms with E-state index >= 15 is 0 Å². The van der Waals surface area contributed by atoms with Gasteiger partial charge >= 0.3 is 0 Å². The van der Waals surface area contributed by atoms with Crippen molar-refractivity contribution in [1.29, 1.82) is 0 Å². The lowest BCUT2D eigenvalue weighted by Gasteiger charge is -2.34. The molecule has 0 saturated carbocycles. The number of rotatable bonds is 2. The Morgan fingerprint density at radius 3 is 3.16 bits per heavy atom. The van der Waals surface area contributed by atoms with Gasteiger partial charge < -0.3 is 9.64 Å². The van der Waals surface area contributed by atoms with Gasteiger partial charge in [-0.2, -0.15) is 4.98 Å². The number of aromatic nitrogens is 2. The number of hydrogen-bond donors (Lipinski definition) is 0. The Hall–Kier alpha value is -1.24. The average Bonchev–Trinajstić information content (AvgIpc) is 2.81. The number of aldehydes is 1. The first-order valence-electron chi connectivity index (χ1n) is 5.95. The molecule has 2 aromatic rings. The van der Waals surface area contributed by atoms with Gasteiger partial charge in [0.1, 0.15) is 0 Å². The molecule has 0 amide bonds. The third-order valence-corrected chi connectivity index (χ3v) is 4.32. The van der Waals surface area contributed by atoms with Gasteiger partial charge in [-0.15, -0.1) is 11.3 Å². The molecule has 7 heteroatoms. The fourth-order valence-electron chi connectivity index (χ4n) is 2.20. The number of ether oxygens (including phenoxy) is 1. The number of fused-ring (bicyclic) bond motifs is 1. The standard InChI is InChI=1S/C12H12ClN3O2S/c1-7-6-18-3-2-16(7)11-10-9(14-12(13)15-11)4-8(5-17)19-10/h4-5,7H,2-3,6H2,1H3/t7-/m1/s1. The summed E-state index contributed by atoms with van der Waals surface area (Å²) in [4.78, 5) is 22.2. The molecule has 19 heavy (non-hydrogen) atoms. The van der Waals surface area contributed by atoms with Crippen LogP contribution in [0.5, 0.6) is 0 Å². The van der Waals surface area contributed by atoms with Crippen molar-refractivity contribution in [3.8, 4) is 0 Å². The van der Waals surface area contributed by atoms with Crippen LogP contribution >= 0.6 is 22.9 Å². The Morgan fingerprint density at radius 2 is 2.42 bits per heavy atom. The van der Waals surface area contributed by atoms with Crippen molar-refractivity contribution in [3.63, 3.8) is 0 Å². The molecule has 0 aromatic carbocycles. The number of halogens is 1. The van der Waals surface area contributed by atoms with Crippen molar-refractivity contribution in [2.75, 3.05) is 24.7 Å². The van der Waals surface area contributed by atoms with E-state index in [4.69, 9.17) is 16.3 Å². The van der Waals surface area contributed by atoms with Crippen LogP contribution in [0.3, 0.4) is 0 Å². The Kier molecular flexibility index (Phi) is 3.38. The zero-order chi connectivity index (χ0) is 13.4. The molecule has 0 N–H and O–H groups in total. The van der Waals surface area contributed by atoms with Crippen molar-refractivity contribution in [2.24, 2.45) is 0 Å². The third kappa shape index (κ3) is 2.31. The Morgan fingerprint density at radius 1 is 1.58 bits per heavy atom. The first kappa shape index (κ1) is 12.8. The molecule has 0 aliphatic carbocycles. The summed E-state index contributed by atoms with van der Waals surface area (Å²) in [7, 11) is 0. The van der Waals surface area contributed by atoms with E-state index in [1.807, 2.05) is 0 Å². The van der Waals surface area contributed by atoms with Crippen molar-refractivity contribution < 1.29 is 9.53 Å². The summed E-state index contributed by atoms with van der Waals surface area (Å²) in [6.45, 7) is 4.17. The molecule has 0 spiro atoms. The molecule has 1 atom stereocenters.